The third-order valence-corrected chi connectivity index (χ3v) is 3.49. The average Bonchev–Trinajstić information content (AvgIpc) is 2.57. The van der Waals surface area contributed by atoms with Crippen LogP contribution in [0.15, 0.2) is 54.6 Å². The molecule has 1 amide bonds. The Bertz CT molecular complexity index is 652. The highest BCUT2D eigenvalue weighted by Crippen LogP contribution is 2.16. The van der Waals surface area contributed by atoms with Gasteiger partial charge in [0.1, 0.15) is 0 Å². The highest BCUT2D eigenvalue weighted by atomic mass is 16.5. The number of carboxylic acids is 1. The number of aromatic carboxylic acids is 1. The second-order valence-corrected chi connectivity index (χ2v) is 5.07. The second kappa shape index (κ2) is 8.10. The Morgan fingerprint density at radius 3 is 2.30 bits per heavy atom. The first kappa shape index (κ1) is 16.7. The molecule has 0 aromatic heterocycles. The van der Waals surface area contributed by atoms with Crippen molar-refractivity contribution >= 4 is 11.9 Å². The molecule has 2 rings (SSSR count). The first-order valence-corrected chi connectivity index (χ1v) is 7.29. The number of methoxy groups -OCH3 is 1. The summed E-state index contributed by atoms with van der Waals surface area (Å²) in [6.45, 7) is 0.456. The predicted molar refractivity (Wildman–Crippen MR) is 86.3 cm³/mol. The second-order valence-electron chi connectivity index (χ2n) is 5.07. The first-order chi connectivity index (χ1) is 11.1. The number of ether oxygens (including phenoxy) is 1. The van der Waals surface area contributed by atoms with Crippen molar-refractivity contribution in [1.29, 1.82) is 0 Å². The monoisotopic (exact) mass is 313 g/mol. The van der Waals surface area contributed by atoms with Gasteiger partial charge in [0.05, 0.1) is 5.56 Å². The number of rotatable bonds is 7. The molecule has 2 N–H and O–H groups in total. The minimum absolute atomic E-state index is 0.194. The van der Waals surface area contributed by atoms with Crippen LogP contribution in [0.3, 0.4) is 0 Å². The van der Waals surface area contributed by atoms with E-state index in [9.17, 15) is 9.59 Å². The normalized spacial score (nSPS) is 11.7. The fourth-order valence-corrected chi connectivity index (χ4v) is 2.26. The zero-order chi connectivity index (χ0) is 16.7. The fraction of sp³-hybridized carbons (Fsp3) is 0.222. The SMILES string of the molecule is CO[C@@H](C(=O)NCCc1ccc(C(=O)O)cc1)c1ccccc1. The summed E-state index contributed by atoms with van der Waals surface area (Å²) < 4.78 is 5.27. The van der Waals surface area contributed by atoms with Crippen LogP contribution in [-0.2, 0) is 16.0 Å². The van der Waals surface area contributed by atoms with Gasteiger partial charge in [-0.15, -0.1) is 0 Å². The third kappa shape index (κ3) is 4.66. The van der Waals surface area contributed by atoms with Crippen molar-refractivity contribution < 1.29 is 19.4 Å². The molecule has 0 heterocycles. The van der Waals surface area contributed by atoms with E-state index in [-0.39, 0.29) is 11.5 Å². The van der Waals surface area contributed by atoms with Crippen molar-refractivity contribution in [1.82, 2.24) is 5.32 Å². The number of carboxylic acid groups (broad SMARTS) is 1. The number of amides is 1. The summed E-state index contributed by atoms with van der Waals surface area (Å²) in [7, 11) is 1.50. The number of hydrogen-bond acceptors (Lipinski definition) is 3. The molecule has 0 radical (unpaired) electrons. The van der Waals surface area contributed by atoms with Crippen molar-refractivity contribution in [3.05, 3.63) is 71.3 Å². The van der Waals surface area contributed by atoms with Crippen LogP contribution in [0.4, 0.5) is 0 Å². The largest absolute Gasteiger partial charge is 0.478 e. The molecule has 2 aromatic carbocycles. The van der Waals surface area contributed by atoms with Gasteiger partial charge in [-0.1, -0.05) is 42.5 Å². The third-order valence-electron chi connectivity index (χ3n) is 3.49. The van der Waals surface area contributed by atoms with Gasteiger partial charge < -0.3 is 15.2 Å². The molecule has 120 valence electrons. The molecule has 0 spiro atoms. The molecule has 5 heteroatoms. The van der Waals surface area contributed by atoms with Gasteiger partial charge >= 0.3 is 5.97 Å². The number of carbonyl (C=O) groups is 2. The number of hydrogen-bond donors (Lipinski definition) is 2. The quantitative estimate of drug-likeness (QED) is 0.823. The van der Waals surface area contributed by atoms with Crippen LogP contribution in [0.5, 0.6) is 0 Å². The maximum atomic E-state index is 12.2. The molecule has 0 aliphatic heterocycles. The van der Waals surface area contributed by atoms with E-state index in [0.29, 0.717) is 13.0 Å². The molecule has 0 aliphatic rings. The van der Waals surface area contributed by atoms with Crippen LogP contribution >= 0.6 is 0 Å². The molecule has 0 fully saturated rings. The van der Waals surface area contributed by atoms with E-state index in [1.807, 2.05) is 30.3 Å². The molecule has 23 heavy (non-hydrogen) atoms. The van der Waals surface area contributed by atoms with E-state index < -0.39 is 12.1 Å². The maximum absolute atomic E-state index is 12.2. The average molecular weight is 313 g/mol. The highest BCUT2D eigenvalue weighted by molar-refractivity contribution is 5.87. The summed E-state index contributed by atoms with van der Waals surface area (Å²) in [5, 5.41) is 11.7. The molecule has 2 aromatic rings. The van der Waals surface area contributed by atoms with Gasteiger partial charge in [0.15, 0.2) is 6.10 Å². The number of benzene rings is 2. The molecule has 0 aliphatic carbocycles. The molecule has 0 saturated heterocycles. The molecule has 0 saturated carbocycles. The highest BCUT2D eigenvalue weighted by Gasteiger charge is 2.18. The van der Waals surface area contributed by atoms with Gasteiger partial charge in [-0.3, -0.25) is 4.79 Å². The van der Waals surface area contributed by atoms with E-state index in [1.165, 1.54) is 7.11 Å². The topological polar surface area (TPSA) is 75.6 Å². The van der Waals surface area contributed by atoms with E-state index in [2.05, 4.69) is 5.32 Å². The molecule has 5 nitrogen and oxygen atoms in total. The predicted octanol–water partition coefficient (Wildman–Crippen LogP) is 2.43. The fourth-order valence-electron chi connectivity index (χ4n) is 2.26. The first-order valence-electron chi connectivity index (χ1n) is 7.29. The van der Waals surface area contributed by atoms with Gasteiger partial charge in [0.25, 0.3) is 5.91 Å². The van der Waals surface area contributed by atoms with Crippen LogP contribution in [0.2, 0.25) is 0 Å². The molecule has 0 unspecified atom stereocenters. The lowest BCUT2D eigenvalue weighted by molar-refractivity contribution is -0.131. The summed E-state index contributed by atoms with van der Waals surface area (Å²) in [5.41, 5.74) is 2.02. The Hall–Kier alpha value is -2.66. The van der Waals surface area contributed by atoms with Crippen molar-refractivity contribution in [3.8, 4) is 0 Å². The Morgan fingerprint density at radius 1 is 1.09 bits per heavy atom. The van der Waals surface area contributed by atoms with E-state index in [1.54, 1.807) is 24.3 Å². The Kier molecular flexibility index (Phi) is 5.88. The zero-order valence-corrected chi connectivity index (χ0v) is 12.9. The zero-order valence-electron chi connectivity index (χ0n) is 12.9. The molecule has 0 bridgehead atoms. The lowest BCUT2D eigenvalue weighted by Crippen LogP contribution is -2.31. The van der Waals surface area contributed by atoms with Crippen LogP contribution in [0, 0.1) is 0 Å². The van der Waals surface area contributed by atoms with Crippen LogP contribution in [-0.4, -0.2) is 30.6 Å². The van der Waals surface area contributed by atoms with E-state index >= 15 is 0 Å². The van der Waals surface area contributed by atoms with Crippen molar-refractivity contribution in [2.24, 2.45) is 0 Å². The number of carbonyl (C=O) groups excluding carboxylic acids is 1. The Labute approximate surface area is 134 Å². The van der Waals surface area contributed by atoms with Crippen LogP contribution in [0.25, 0.3) is 0 Å². The van der Waals surface area contributed by atoms with Gasteiger partial charge in [0, 0.05) is 13.7 Å². The Morgan fingerprint density at radius 2 is 1.74 bits per heavy atom. The Balaban J connectivity index is 1.87. The smallest absolute Gasteiger partial charge is 0.335 e. The standard InChI is InChI=1S/C18H19NO4/c1-23-16(14-5-3-2-4-6-14)17(20)19-12-11-13-7-9-15(10-8-13)18(21)22/h2-10,16H,11-12H2,1H3,(H,19,20)(H,21,22)/t16-/m1/s1. The minimum Gasteiger partial charge on any atom is -0.478 e. The van der Waals surface area contributed by atoms with E-state index in [4.69, 9.17) is 9.84 Å². The van der Waals surface area contributed by atoms with Gasteiger partial charge in [-0.2, -0.15) is 0 Å². The summed E-state index contributed by atoms with van der Waals surface area (Å²) >= 11 is 0. The van der Waals surface area contributed by atoms with Gasteiger partial charge in [-0.25, -0.2) is 4.79 Å². The lowest BCUT2D eigenvalue weighted by atomic mass is 10.1. The molecular formula is C18H19NO4. The molecule has 1 atom stereocenters. The minimum atomic E-state index is -0.948. The molecular weight excluding hydrogens is 294 g/mol. The van der Waals surface area contributed by atoms with Crippen molar-refractivity contribution in [3.63, 3.8) is 0 Å². The maximum Gasteiger partial charge on any atom is 0.335 e. The lowest BCUT2D eigenvalue weighted by Gasteiger charge is -2.15. The summed E-state index contributed by atoms with van der Waals surface area (Å²) in [6, 6.07) is 15.9. The summed E-state index contributed by atoms with van der Waals surface area (Å²) in [6.07, 6.45) is -0.0118. The van der Waals surface area contributed by atoms with Gasteiger partial charge in [-0.05, 0) is 29.7 Å². The summed E-state index contributed by atoms with van der Waals surface area (Å²) in [4.78, 5) is 23.0. The van der Waals surface area contributed by atoms with Gasteiger partial charge in [0.2, 0.25) is 0 Å². The summed E-state index contributed by atoms with van der Waals surface area (Å²) in [5.74, 6) is -1.14. The number of nitrogens with one attached hydrogen (secondary N) is 1. The van der Waals surface area contributed by atoms with E-state index in [0.717, 1.165) is 11.1 Å². The van der Waals surface area contributed by atoms with Crippen molar-refractivity contribution in [2.45, 2.75) is 12.5 Å². The van der Waals surface area contributed by atoms with Crippen molar-refractivity contribution in [2.75, 3.05) is 13.7 Å². The van der Waals surface area contributed by atoms with Crippen LogP contribution in [0.1, 0.15) is 27.6 Å². The van der Waals surface area contributed by atoms with Crippen LogP contribution < -0.4 is 5.32 Å².